The number of hydrogen-bond acceptors (Lipinski definition) is 4. The molecule has 0 bridgehead atoms. The molecule has 1 aromatic heterocycles. The van der Waals surface area contributed by atoms with Gasteiger partial charge in [-0.3, -0.25) is 4.98 Å². The Bertz CT molecular complexity index is 655. The average Bonchev–Trinajstić information content (AvgIpc) is 2.56. The molecule has 1 aliphatic rings. The SMILES string of the molecule is O=C(Nc1cccc2cccnc12)N1CCOCC1CCO. The summed E-state index contributed by atoms with van der Waals surface area (Å²) in [6.07, 6.45) is 2.22. The Morgan fingerprint density at radius 1 is 1.41 bits per heavy atom. The van der Waals surface area contributed by atoms with Crippen LogP contribution in [-0.4, -0.2) is 53.4 Å². The highest BCUT2D eigenvalue weighted by molar-refractivity contribution is 5.99. The molecule has 1 atom stereocenters. The summed E-state index contributed by atoms with van der Waals surface area (Å²) < 4.78 is 5.39. The molecule has 0 saturated carbocycles. The van der Waals surface area contributed by atoms with Crippen LogP contribution in [-0.2, 0) is 4.74 Å². The van der Waals surface area contributed by atoms with Crippen LogP contribution < -0.4 is 5.32 Å². The van der Waals surface area contributed by atoms with Crippen molar-refractivity contribution in [3.05, 3.63) is 36.5 Å². The fourth-order valence-corrected chi connectivity index (χ4v) is 2.70. The summed E-state index contributed by atoms with van der Waals surface area (Å²) in [4.78, 5) is 18.6. The number of urea groups is 1. The Hall–Kier alpha value is -2.18. The van der Waals surface area contributed by atoms with Crippen LogP contribution in [0.2, 0.25) is 0 Å². The molecule has 116 valence electrons. The number of carbonyl (C=O) groups excluding carboxylic acids is 1. The highest BCUT2D eigenvalue weighted by atomic mass is 16.5. The first-order valence-corrected chi connectivity index (χ1v) is 7.39. The van der Waals surface area contributed by atoms with Gasteiger partial charge in [-0.2, -0.15) is 0 Å². The summed E-state index contributed by atoms with van der Waals surface area (Å²) in [5, 5.41) is 13.0. The Kier molecular flexibility index (Phi) is 4.50. The zero-order valence-corrected chi connectivity index (χ0v) is 12.2. The molecule has 1 saturated heterocycles. The standard InChI is InChI=1S/C16H19N3O3/c20-9-6-13-11-22-10-8-19(13)16(21)18-14-5-1-3-12-4-2-7-17-15(12)14/h1-5,7,13,20H,6,8-11H2,(H,18,21). The first kappa shape index (κ1) is 14.7. The number of aliphatic hydroxyl groups excluding tert-OH is 1. The molecular formula is C16H19N3O3. The number of morpholine rings is 1. The first-order chi connectivity index (χ1) is 10.8. The van der Waals surface area contributed by atoms with Crippen LogP contribution in [0.3, 0.4) is 0 Å². The Morgan fingerprint density at radius 3 is 3.14 bits per heavy atom. The van der Waals surface area contributed by atoms with E-state index in [0.717, 1.165) is 10.9 Å². The topological polar surface area (TPSA) is 74.7 Å². The van der Waals surface area contributed by atoms with Gasteiger partial charge in [0.25, 0.3) is 0 Å². The number of aliphatic hydroxyl groups is 1. The minimum atomic E-state index is -0.181. The predicted molar refractivity (Wildman–Crippen MR) is 83.8 cm³/mol. The molecule has 2 heterocycles. The third kappa shape index (κ3) is 3.03. The van der Waals surface area contributed by atoms with Crippen LogP contribution >= 0.6 is 0 Å². The Labute approximate surface area is 128 Å². The van der Waals surface area contributed by atoms with E-state index in [4.69, 9.17) is 9.84 Å². The summed E-state index contributed by atoms with van der Waals surface area (Å²) in [6.45, 7) is 1.53. The molecular weight excluding hydrogens is 282 g/mol. The van der Waals surface area contributed by atoms with E-state index in [0.29, 0.717) is 31.9 Å². The van der Waals surface area contributed by atoms with Gasteiger partial charge in [0.2, 0.25) is 0 Å². The highest BCUT2D eigenvalue weighted by Gasteiger charge is 2.27. The lowest BCUT2D eigenvalue weighted by molar-refractivity contribution is 0.00729. The highest BCUT2D eigenvalue weighted by Crippen LogP contribution is 2.22. The van der Waals surface area contributed by atoms with Gasteiger partial charge in [-0.1, -0.05) is 18.2 Å². The van der Waals surface area contributed by atoms with Crippen molar-refractivity contribution >= 4 is 22.6 Å². The maximum Gasteiger partial charge on any atom is 0.322 e. The van der Waals surface area contributed by atoms with Crippen molar-refractivity contribution in [2.75, 3.05) is 31.7 Å². The van der Waals surface area contributed by atoms with Gasteiger partial charge in [0.15, 0.2) is 0 Å². The maximum absolute atomic E-state index is 12.5. The monoisotopic (exact) mass is 301 g/mol. The lowest BCUT2D eigenvalue weighted by atomic mass is 10.1. The molecule has 2 N–H and O–H groups in total. The average molecular weight is 301 g/mol. The van der Waals surface area contributed by atoms with E-state index < -0.39 is 0 Å². The normalized spacial score (nSPS) is 18.4. The number of anilines is 1. The second-order valence-electron chi connectivity index (χ2n) is 5.25. The Morgan fingerprint density at radius 2 is 2.27 bits per heavy atom. The van der Waals surface area contributed by atoms with E-state index in [-0.39, 0.29) is 18.7 Å². The van der Waals surface area contributed by atoms with Gasteiger partial charge in [0, 0.05) is 24.7 Å². The van der Waals surface area contributed by atoms with Crippen molar-refractivity contribution < 1.29 is 14.6 Å². The number of para-hydroxylation sites is 1. The van der Waals surface area contributed by atoms with Crippen molar-refractivity contribution in [2.45, 2.75) is 12.5 Å². The van der Waals surface area contributed by atoms with Crippen LogP contribution in [0, 0.1) is 0 Å². The van der Waals surface area contributed by atoms with Crippen LogP contribution in [0.5, 0.6) is 0 Å². The number of pyridine rings is 1. The minimum Gasteiger partial charge on any atom is -0.396 e. The quantitative estimate of drug-likeness (QED) is 0.907. The summed E-state index contributed by atoms with van der Waals surface area (Å²) in [6, 6.07) is 9.25. The van der Waals surface area contributed by atoms with Gasteiger partial charge in [-0.15, -0.1) is 0 Å². The van der Waals surface area contributed by atoms with Gasteiger partial charge in [-0.25, -0.2) is 4.79 Å². The minimum absolute atomic E-state index is 0.0353. The molecule has 0 radical (unpaired) electrons. The van der Waals surface area contributed by atoms with E-state index in [2.05, 4.69) is 10.3 Å². The van der Waals surface area contributed by atoms with Gasteiger partial charge in [0.05, 0.1) is 30.5 Å². The maximum atomic E-state index is 12.5. The van der Waals surface area contributed by atoms with Gasteiger partial charge < -0.3 is 20.1 Å². The van der Waals surface area contributed by atoms with Crippen LogP contribution in [0.4, 0.5) is 10.5 Å². The van der Waals surface area contributed by atoms with E-state index in [1.165, 1.54) is 0 Å². The summed E-state index contributed by atoms with van der Waals surface area (Å²) >= 11 is 0. The predicted octanol–water partition coefficient (Wildman–Crippen LogP) is 1.85. The molecule has 0 aliphatic carbocycles. The Balaban J connectivity index is 1.80. The van der Waals surface area contributed by atoms with Crippen molar-refractivity contribution in [3.63, 3.8) is 0 Å². The van der Waals surface area contributed by atoms with Crippen LogP contribution in [0.15, 0.2) is 36.5 Å². The molecule has 2 amide bonds. The van der Waals surface area contributed by atoms with E-state index in [9.17, 15) is 4.79 Å². The van der Waals surface area contributed by atoms with Gasteiger partial charge in [-0.05, 0) is 18.6 Å². The lowest BCUT2D eigenvalue weighted by Gasteiger charge is -2.35. The first-order valence-electron chi connectivity index (χ1n) is 7.39. The van der Waals surface area contributed by atoms with Crippen LogP contribution in [0.1, 0.15) is 6.42 Å². The number of nitrogens with zero attached hydrogens (tertiary/aromatic N) is 2. The lowest BCUT2D eigenvalue weighted by Crippen LogP contribution is -2.50. The van der Waals surface area contributed by atoms with Gasteiger partial charge in [0.1, 0.15) is 0 Å². The molecule has 2 aromatic rings. The van der Waals surface area contributed by atoms with Crippen molar-refractivity contribution in [2.24, 2.45) is 0 Å². The molecule has 22 heavy (non-hydrogen) atoms. The van der Waals surface area contributed by atoms with E-state index in [1.807, 2.05) is 30.3 Å². The molecule has 0 spiro atoms. The van der Waals surface area contributed by atoms with E-state index in [1.54, 1.807) is 11.1 Å². The number of hydrogen-bond donors (Lipinski definition) is 2. The molecule has 1 aromatic carbocycles. The number of carbonyl (C=O) groups is 1. The van der Waals surface area contributed by atoms with Crippen molar-refractivity contribution in [1.82, 2.24) is 9.88 Å². The molecule has 6 heteroatoms. The number of rotatable bonds is 3. The molecule has 1 unspecified atom stereocenters. The molecule has 1 aliphatic heterocycles. The third-order valence-electron chi connectivity index (χ3n) is 3.83. The second-order valence-corrected chi connectivity index (χ2v) is 5.25. The number of aromatic nitrogens is 1. The molecule has 1 fully saturated rings. The summed E-state index contributed by atoms with van der Waals surface area (Å²) in [5.74, 6) is 0. The number of benzene rings is 1. The summed E-state index contributed by atoms with van der Waals surface area (Å²) in [5.41, 5.74) is 1.46. The fraction of sp³-hybridized carbons (Fsp3) is 0.375. The van der Waals surface area contributed by atoms with Crippen LogP contribution in [0.25, 0.3) is 10.9 Å². The number of nitrogens with one attached hydrogen (secondary N) is 1. The second kappa shape index (κ2) is 6.72. The van der Waals surface area contributed by atoms with Crippen molar-refractivity contribution in [1.29, 1.82) is 0 Å². The number of fused-ring (bicyclic) bond motifs is 1. The number of ether oxygens (including phenoxy) is 1. The largest absolute Gasteiger partial charge is 0.396 e. The molecule has 6 nitrogen and oxygen atoms in total. The zero-order chi connectivity index (χ0) is 15.4. The smallest absolute Gasteiger partial charge is 0.322 e. The van der Waals surface area contributed by atoms with Gasteiger partial charge >= 0.3 is 6.03 Å². The third-order valence-corrected chi connectivity index (χ3v) is 3.83. The van der Waals surface area contributed by atoms with Crippen molar-refractivity contribution in [3.8, 4) is 0 Å². The zero-order valence-electron chi connectivity index (χ0n) is 12.2. The molecule has 3 rings (SSSR count). The summed E-state index contributed by atoms with van der Waals surface area (Å²) in [7, 11) is 0. The fourth-order valence-electron chi connectivity index (χ4n) is 2.70. The number of amides is 2. The van der Waals surface area contributed by atoms with E-state index >= 15 is 0 Å².